The first-order valence-electron chi connectivity index (χ1n) is 50.7. The minimum Gasteiger partial charge on any atom is -0.508 e. The van der Waals surface area contributed by atoms with Gasteiger partial charge in [-0.15, -0.1) is 0 Å². The number of esters is 2. The highest BCUT2D eigenvalue weighted by Crippen LogP contribution is 2.43. The molecule has 0 aromatic heterocycles. The quantitative estimate of drug-likeness (QED) is 0.00948. The van der Waals surface area contributed by atoms with Crippen molar-refractivity contribution in [2.45, 2.75) is 343 Å². The molecule has 0 aliphatic rings. The number of amides is 10. The Bertz CT molecular complexity index is 4200. The Hall–Kier alpha value is -11.8. The smallest absolute Gasteiger partial charge is 0.472 e. The number of phosphoric acid groups is 1. The average molecular weight is 2080 g/mol. The van der Waals surface area contributed by atoms with E-state index in [1.165, 1.54) is 153 Å². The molecule has 0 heterocycles. The third kappa shape index (κ3) is 83.1. The van der Waals surface area contributed by atoms with Crippen LogP contribution in [-0.2, 0) is 135 Å². The van der Waals surface area contributed by atoms with Gasteiger partial charge < -0.3 is 91.4 Å². The van der Waals surface area contributed by atoms with Crippen molar-refractivity contribution >= 4 is 138 Å². The number of phenolic OH excluding ortho intramolecular Hbond substituents is 1. The largest absolute Gasteiger partial charge is 0.508 e. The van der Waals surface area contributed by atoms with Crippen LogP contribution in [-0.4, -0.2) is 297 Å². The molecular weight excluding hydrogens is 1910 g/mol. The number of ether oxygens (including phenoxy) is 2. The number of carbonyl (C=O) groups is 22. The summed E-state index contributed by atoms with van der Waals surface area (Å²) in [7, 11) is -4.08. The molecule has 0 bridgehead atoms. The zero-order valence-electron chi connectivity index (χ0n) is 85.9. The van der Waals surface area contributed by atoms with Crippen molar-refractivity contribution in [2.24, 2.45) is 0 Å². The van der Waals surface area contributed by atoms with E-state index in [0.717, 1.165) is 42.4 Å². The SMILES string of the molecule is CC(=O)N(CC(=O)O)CC(=O)NCCCC(=O)CN(CC(=O)O)C(=O)CCC(=O)CNC(=O)CN(CC(=O)O)C(=O)CNC(=O)CCC(=O)[C@H](Cc1ccc(O)cc1)NC=O.CCCCCCCC/C=C/CCCCCCCC(=O)OCC(C)OC(=O)CCCCCCC/C=C/CCCCCCCC.CCNC(=O)CCC(=O)CN(CC(=O)O)C(=O)CCC(=O)CNC(=O)CCCCC(=O)CCCOP(=O)(O)OCC. The van der Waals surface area contributed by atoms with Crippen LogP contribution in [0.25, 0.3) is 0 Å². The lowest BCUT2D eigenvalue weighted by atomic mass is 9.99. The van der Waals surface area contributed by atoms with Crippen molar-refractivity contribution < 1.29 is 159 Å². The highest BCUT2D eigenvalue weighted by molar-refractivity contribution is 7.47. The fourth-order valence-corrected chi connectivity index (χ4v) is 14.6. The van der Waals surface area contributed by atoms with E-state index in [2.05, 4.69) is 74.6 Å². The summed E-state index contributed by atoms with van der Waals surface area (Å²) in [5.41, 5.74) is 0.615. The number of carbonyl (C=O) groups excluding carboxylic acids is 18. The van der Waals surface area contributed by atoms with Crippen molar-refractivity contribution in [2.75, 3.05) is 105 Å². The van der Waals surface area contributed by atoms with Crippen molar-refractivity contribution in [1.82, 2.24) is 51.5 Å². The monoisotopic (exact) mass is 2080 g/mol. The van der Waals surface area contributed by atoms with Gasteiger partial charge in [-0.1, -0.05) is 153 Å². The summed E-state index contributed by atoms with van der Waals surface area (Å²) in [5, 5.41) is 59.9. The van der Waals surface area contributed by atoms with Gasteiger partial charge in [0, 0.05) is 110 Å². The van der Waals surface area contributed by atoms with Gasteiger partial charge in [0.25, 0.3) is 0 Å². The van der Waals surface area contributed by atoms with E-state index in [-0.39, 0.29) is 145 Å². The number of hydrogen-bond acceptors (Lipinski definition) is 28. The Morgan fingerprint density at radius 1 is 0.379 bits per heavy atom. The van der Waals surface area contributed by atoms with Gasteiger partial charge >= 0.3 is 43.6 Å². The molecule has 10 amide bonds. The molecule has 0 radical (unpaired) electrons. The number of hydrogen-bond donors (Lipinski definition) is 12. The molecule has 0 aliphatic heterocycles. The maximum absolute atomic E-state index is 12.7. The Balaban J connectivity index is 0. The van der Waals surface area contributed by atoms with E-state index >= 15 is 0 Å². The van der Waals surface area contributed by atoms with Gasteiger partial charge in [0.05, 0.1) is 52.0 Å². The standard InChI is InChI=1S/C39H72O4.C37H49N7O17.C25H42N3O12P/c1-4-6-8-10-12-14-16-18-20-22-24-26-28-30-32-34-38(40)42-36-37(3)43-39(41)35-33-31-29-27-25-23-21-19-17-15-13-11-9-7-5-2;1-23(46)42(19-35(56)57)17-31(52)38-12-2-3-27(49)16-43(20-36(58)59)33(54)11-8-26(48)14-39-32(53)18-44(21-37(60)61)34(55)15-40-30(51)10-9-29(50)28(41-22-45)13-24-4-6-25(47)7-5-24;1-3-26-23(33)13-11-21(31)17-28(18-25(35)36)24(34)14-12-20(30)16-27-22(32)10-6-5-8-19(29)9-7-15-40-41(37,38)39-4-2/h18-21,37H,4-17,22-36H2,1-3H3;4-7,22,28,47H,2-3,8-21H2,1H3,(H,38,52)(H,39,53)(H,40,51)(H,41,45)(H,56,57)(H,58,59)(H,60,61);3-18H2,1-2H3,(H,26,33)(H,27,32)(H,35,36)(H,37,38)/b20-18+,21-19+;;/t;28-;/m.0./s1. The highest BCUT2D eigenvalue weighted by atomic mass is 31.2. The first-order chi connectivity index (χ1) is 69.1. The van der Waals surface area contributed by atoms with Gasteiger partial charge in [-0.3, -0.25) is 115 Å². The molecular formula is C101H163N10O33P. The number of benzene rings is 1. The van der Waals surface area contributed by atoms with E-state index in [1.54, 1.807) is 32.9 Å². The number of aliphatic carboxylic acids is 4. The minimum atomic E-state index is -4.08. The van der Waals surface area contributed by atoms with Gasteiger partial charge in [0.15, 0.2) is 28.9 Å². The lowest BCUT2D eigenvalue weighted by Crippen LogP contribution is -2.47. The molecule has 1 aromatic rings. The lowest BCUT2D eigenvalue weighted by Gasteiger charge is -2.21. The molecule has 1 rings (SSSR count). The molecule has 2 unspecified atom stereocenters. The zero-order valence-corrected chi connectivity index (χ0v) is 86.8. The van der Waals surface area contributed by atoms with Crippen LogP contribution in [0, 0.1) is 0 Å². The second-order valence-electron chi connectivity index (χ2n) is 35.0. The first-order valence-corrected chi connectivity index (χ1v) is 52.2. The van der Waals surface area contributed by atoms with E-state index < -0.39 is 199 Å². The van der Waals surface area contributed by atoms with Crippen LogP contribution in [0.4, 0.5) is 0 Å². The van der Waals surface area contributed by atoms with Crippen LogP contribution in [0.15, 0.2) is 48.6 Å². The van der Waals surface area contributed by atoms with Gasteiger partial charge in [-0.2, -0.15) is 0 Å². The topological polar surface area (TPSA) is 636 Å². The molecule has 0 saturated heterocycles. The molecule has 44 heteroatoms. The first kappa shape index (κ1) is 135. The van der Waals surface area contributed by atoms with Crippen molar-refractivity contribution in [3.05, 3.63) is 54.1 Å². The highest BCUT2D eigenvalue weighted by Gasteiger charge is 2.28. The molecule has 3 atom stereocenters. The van der Waals surface area contributed by atoms with E-state index in [9.17, 15) is 130 Å². The number of rotatable bonds is 89. The van der Waals surface area contributed by atoms with Crippen molar-refractivity contribution in [3.63, 3.8) is 0 Å². The zero-order chi connectivity index (χ0) is 109. The van der Waals surface area contributed by atoms with Crippen LogP contribution < -0.4 is 31.9 Å². The maximum atomic E-state index is 12.7. The average Bonchev–Trinajstić information content (AvgIpc) is 0.873. The number of unbranched alkanes of at least 4 members (excludes halogenated alkanes) is 23. The van der Waals surface area contributed by atoms with Gasteiger partial charge in [0.1, 0.15) is 63.5 Å². The summed E-state index contributed by atoms with van der Waals surface area (Å²) in [5.74, 6) is -15.3. The summed E-state index contributed by atoms with van der Waals surface area (Å²) in [6.07, 6.45) is 41.3. The summed E-state index contributed by atoms with van der Waals surface area (Å²) in [4.78, 5) is 275. The number of Topliss-reactive ketones (excluding diaryl/α,β-unsaturated/α-hetero) is 6. The fraction of sp³-hybridized carbons (Fsp3) is 0.683. The summed E-state index contributed by atoms with van der Waals surface area (Å²) in [6.45, 7) is 3.51. The molecule has 0 fully saturated rings. The third-order valence-electron chi connectivity index (χ3n) is 21.8. The molecule has 0 spiro atoms. The van der Waals surface area contributed by atoms with E-state index in [1.807, 2.05) is 0 Å². The Labute approximate surface area is 851 Å². The van der Waals surface area contributed by atoms with Gasteiger partial charge in [-0.05, 0) is 135 Å². The number of carboxylic acids is 4. The summed E-state index contributed by atoms with van der Waals surface area (Å²) >= 11 is 0. The van der Waals surface area contributed by atoms with Gasteiger partial charge in [0.2, 0.25) is 59.6 Å². The number of nitrogens with zero attached hydrogens (tertiary/aromatic N) is 4. The molecule has 145 heavy (non-hydrogen) atoms. The van der Waals surface area contributed by atoms with Crippen LogP contribution in [0.5, 0.6) is 5.75 Å². The molecule has 1 aromatic carbocycles. The van der Waals surface area contributed by atoms with Crippen molar-refractivity contribution in [1.29, 1.82) is 0 Å². The van der Waals surface area contributed by atoms with Crippen LogP contribution >= 0.6 is 7.82 Å². The number of allylic oxidation sites excluding steroid dienone is 4. The Morgan fingerprint density at radius 3 is 1.26 bits per heavy atom. The lowest BCUT2D eigenvalue weighted by molar-refractivity contribution is -0.158. The minimum absolute atomic E-state index is 0.00323. The number of nitrogens with one attached hydrogen (secondary N) is 6. The number of aromatic hydroxyl groups is 1. The number of ketones is 6. The van der Waals surface area contributed by atoms with E-state index in [4.69, 9.17) is 24.2 Å². The van der Waals surface area contributed by atoms with Crippen molar-refractivity contribution in [3.8, 4) is 5.75 Å². The second kappa shape index (κ2) is 87.5. The normalized spacial score (nSPS) is 11.7. The Kier molecular flexibility index (Phi) is 81.6. The fourth-order valence-electron chi connectivity index (χ4n) is 13.9. The summed E-state index contributed by atoms with van der Waals surface area (Å²) in [6, 6.07) is 4.88. The summed E-state index contributed by atoms with van der Waals surface area (Å²) < 4.78 is 31.3. The molecule has 12 N–H and O–H groups in total. The number of carboxylic acid groups (broad SMARTS) is 4. The maximum Gasteiger partial charge on any atom is 0.472 e. The third-order valence-corrected chi connectivity index (χ3v) is 22.9. The Morgan fingerprint density at radius 2 is 0.772 bits per heavy atom. The predicted octanol–water partition coefficient (Wildman–Crippen LogP) is 9.66. The second-order valence-corrected chi connectivity index (χ2v) is 36.4. The van der Waals surface area contributed by atoms with Gasteiger partial charge in [-0.25, -0.2) is 4.57 Å². The molecule has 0 aliphatic carbocycles. The van der Waals surface area contributed by atoms with Crippen LogP contribution in [0.2, 0.25) is 0 Å². The molecule has 820 valence electrons. The van der Waals surface area contributed by atoms with Crippen LogP contribution in [0.3, 0.4) is 0 Å². The number of phosphoric ester groups is 1. The number of phenols is 1. The van der Waals surface area contributed by atoms with Crippen LogP contribution in [0.1, 0.15) is 330 Å². The van der Waals surface area contributed by atoms with E-state index in [0.29, 0.717) is 54.0 Å². The molecule has 0 saturated carbocycles. The molecule has 43 nitrogen and oxygen atoms in total. The predicted molar refractivity (Wildman–Crippen MR) is 535 cm³/mol.